The molecule has 4 heteroatoms. The second-order valence-electron chi connectivity index (χ2n) is 3.70. The number of nitrogens with one attached hydrogen (secondary N) is 1. The first-order chi connectivity index (χ1) is 8.25. The number of imidazole rings is 1. The number of aromatic amines is 1. The Morgan fingerprint density at radius 3 is 2.71 bits per heavy atom. The van der Waals surface area contributed by atoms with E-state index >= 15 is 0 Å². The molecule has 0 bridgehead atoms. The zero-order valence-electron chi connectivity index (χ0n) is 8.74. The van der Waals surface area contributed by atoms with Crippen molar-refractivity contribution in [2.45, 2.75) is 0 Å². The van der Waals surface area contributed by atoms with Crippen molar-refractivity contribution in [3.63, 3.8) is 0 Å². The molecule has 17 heavy (non-hydrogen) atoms. The zero-order chi connectivity index (χ0) is 11.8. The van der Waals surface area contributed by atoms with Gasteiger partial charge in [-0.15, -0.1) is 0 Å². The van der Waals surface area contributed by atoms with Crippen LogP contribution in [0.2, 0.25) is 5.02 Å². The van der Waals surface area contributed by atoms with E-state index in [1.54, 1.807) is 0 Å². The van der Waals surface area contributed by atoms with Crippen molar-refractivity contribution in [1.82, 2.24) is 9.97 Å². The molecule has 1 heterocycles. The average Bonchev–Trinajstić information content (AvgIpc) is 2.76. The number of hydrogen-bond donors (Lipinski definition) is 1. The van der Waals surface area contributed by atoms with Crippen molar-refractivity contribution in [2.24, 2.45) is 0 Å². The van der Waals surface area contributed by atoms with Crippen LogP contribution in [0.1, 0.15) is 0 Å². The minimum Gasteiger partial charge on any atom is -0.338 e. The van der Waals surface area contributed by atoms with Crippen LogP contribution in [-0.2, 0) is 0 Å². The number of fused-ring (bicyclic) bond motifs is 1. The van der Waals surface area contributed by atoms with Gasteiger partial charge in [0.1, 0.15) is 5.82 Å². The Labute approximate surface area is 117 Å². The van der Waals surface area contributed by atoms with Crippen molar-refractivity contribution < 1.29 is 0 Å². The predicted molar refractivity (Wildman–Crippen MR) is 79.3 cm³/mol. The molecule has 0 saturated carbocycles. The quantitative estimate of drug-likeness (QED) is 0.641. The second kappa shape index (κ2) is 4.31. The van der Waals surface area contributed by atoms with Gasteiger partial charge in [0.25, 0.3) is 0 Å². The molecule has 0 aliphatic rings. The van der Waals surface area contributed by atoms with E-state index in [0.717, 1.165) is 31.0 Å². The summed E-state index contributed by atoms with van der Waals surface area (Å²) in [5.74, 6) is 0.859. The van der Waals surface area contributed by atoms with E-state index < -0.39 is 0 Å². The van der Waals surface area contributed by atoms with Gasteiger partial charge in [-0.25, -0.2) is 4.98 Å². The van der Waals surface area contributed by atoms with Gasteiger partial charge in [0.2, 0.25) is 0 Å². The number of hydrogen-bond acceptors (Lipinski definition) is 1. The maximum atomic E-state index is 6.11. The van der Waals surface area contributed by atoms with Crippen LogP contribution >= 0.6 is 34.2 Å². The highest BCUT2D eigenvalue weighted by Crippen LogP contribution is 2.29. The van der Waals surface area contributed by atoms with E-state index in [4.69, 9.17) is 11.6 Å². The number of benzene rings is 2. The third kappa shape index (κ3) is 1.93. The number of para-hydroxylation sites is 2. The number of H-pyrrole nitrogens is 1. The fraction of sp³-hybridized carbons (Fsp3) is 0. The summed E-state index contributed by atoms with van der Waals surface area (Å²) in [6.45, 7) is 0. The third-order valence-electron chi connectivity index (χ3n) is 2.60. The maximum Gasteiger partial charge on any atom is 0.139 e. The smallest absolute Gasteiger partial charge is 0.139 e. The van der Waals surface area contributed by atoms with Gasteiger partial charge in [-0.1, -0.05) is 35.9 Å². The normalized spacial score (nSPS) is 10.9. The molecule has 1 aromatic heterocycles. The van der Waals surface area contributed by atoms with E-state index in [2.05, 4.69) is 32.6 Å². The Bertz CT molecular complexity index is 658. The van der Waals surface area contributed by atoms with Crippen molar-refractivity contribution in [3.05, 3.63) is 51.1 Å². The maximum absolute atomic E-state index is 6.11. The van der Waals surface area contributed by atoms with Crippen LogP contribution in [0.3, 0.4) is 0 Å². The molecular weight excluding hydrogens is 347 g/mol. The molecule has 3 rings (SSSR count). The van der Waals surface area contributed by atoms with Crippen LogP contribution in [0.15, 0.2) is 42.5 Å². The molecule has 0 aliphatic heterocycles. The summed E-state index contributed by atoms with van der Waals surface area (Å²) in [6.07, 6.45) is 0. The minimum atomic E-state index is 0.753. The molecule has 0 aliphatic carbocycles. The summed E-state index contributed by atoms with van der Waals surface area (Å²) < 4.78 is 1.02. The number of rotatable bonds is 1. The van der Waals surface area contributed by atoms with Crippen molar-refractivity contribution in [3.8, 4) is 11.4 Å². The summed E-state index contributed by atoms with van der Waals surface area (Å²) in [6, 6.07) is 13.8. The Morgan fingerprint density at radius 2 is 1.88 bits per heavy atom. The topological polar surface area (TPSA) is 28.7 Å². The molecule has 0 fully saturated rings. The summed E-state index contributed by atoms with van der Waals surface area (Å²) in [4.78, 5) is 7.87. The number of halogens is 2. The Balaban J connectivity index is 2.24. The van der Waals surface area contributed by atoms with Gasteiger partial charge in [0.05, 0.1) is 16.1 Å². The van der Waals surface area contributed by atoms with Gasteiger partial charge in [-0.3, -0.25) is 0 Å². The van der Waals surface area contributed by atoms with Crippen LogP contribution < -0.4 is 0 Å². The van der Waals surface area contributed by atoms with Gasteiger partial charge >= 0.3 is 0 Å². The molecule has 2 aromatic carbocycles. The average molecular weight is 355 g/mol. The molecule has 0 saturated heterocycles. The molecular formula is C13H8ClIN2. The highest BCUT2D eigenvalue weighted by Gasteiger charge is 2.10. The molecule has 2 nitrogen and oxygen atoms in total. The van der Waals surface area contributed by atoms with E-state index in [0.29, 0.717) is 0 Å². The highest BCUT2D eigenvalue weighted by atomic mass is 127. The lowest BCUT2D eigenvalue weighted by Gasteiger charge is -2.01. The van der Waals surface area contributed by atoms with Gasteiger partial charge in [-0.05, 0) is 40.8 Å². The van der Waals surface area contributed by atoms with Gasteiger partial charge < -0.3 is 4.98 Å². The summed E-state index contributed by atoms with van der Waals surface area (Å²) in [7, 11) is 0. The fourth-order valence-corrected chi connectivity index (χ4v) is 2.56. The van der Waals surface area contributed by atoms with Gasteiger partial charge in [0.15, 0.2) is 0 Å². The number of nitrogens with zero attached hydrogens (tertiary/aromatic N) is 1. The van der Waals surface area contributed by atoms with Crippen molar-refractivity contribution in [1.29, 1.82) is 0 Å². The van der Waals surface area contributed by atoms with Crippen LogP contribution in [-0.4, -0.2) is 9.97 Å². The van der Waals surface area contributed by atoms with Crippen LogP contribution in [0.5, 0.6) is 0 Å². The van der Waals surface area contributed by atoms with Crippen molar-refractivity contribution >= 4 is 45.2 Å². The van der Waals surface area contributed by atoms with Gasteiger partial charge in [0, 0.05) is 9.13 Å². The lowest BCUT2D eigenvalue weighted by Crippen LogP contribution is -1.85. The summed E-state index contributed by atoms with van der Waals surface area (Å²) in [5, 5.41) is 0.753. The number of aromatic nitrogens is 2. The predicted octanol–water partition coefficient (Wildman–Crippen LogP) is 4.49. The zero-order valence-corrected chi connectivity index (χ0v) is 11.7. The first-order valence-corrected chi connectivity index (χ1v) is 6.60. The monoisotopic (exact) mass is 354 g/mol. The highest BCUT2D eigenvalue weighted by molar-refractivity contribution is 14.1. The molecule has 84 valence electrons. The molecule has 0 radical (unpaired) electrons. The van der Waals surface area contributed by atoms with Crippen LogP contribution in [0.25, 0.3) is 22.4 Å². The molecule has 0 amide bonds. The molecule has 0 unspecified atom stereocenters. The molecule has 0 spiro atoms. The van der Waals surface area contributed by atoms with Crippen molar-refractivity contribution in [2.75, 3.05) is 0 Å². The largest absolute Gasteiger partial charge is 0.338 e. The fourth-order valence-electron chi connectivity index (χ4n) is 1.77. The van der Waals surface area contributed by atoms with E-state index in [1.807, 2.05) is 42.5 Å². The Morgan fingerprint density at radius 1 is 1.06 bits per heavy atom. The minimum absolute atomic E-state index is 0.753. The molecule has 1 N–H and O–H groups in total. The first kappa shape index (κ1) is 11.0. The standard InChI is InChI=1S/C13H8ClIN2/c14-9-5-3-4-8(12(9)15)13-16-10-6-1-2-7-11(10)17-13/h1-7H,(H,16,17). The summed E-state index contributed by atoms with van der Waals surface area (Å²) >= 11 is 8.35. The Hall–Kier alpha value is -1.07. The SMILES string of the molecule is Clc1cccc(-c2nc3ccccc3[nH]2)c1I. The Kier molecular flexibility index (Phi) is 2.80. The van der Waals surface area contributed by atoms with E-state index in [1.165, 1.54) is 0 Å². The molecule has 3 aromatic rings. The van der Waals surface area contributed by atoms with Crippen LogP contribution in [0, 0.1) is 3.57 Å². The lowest BCUT2D eigenvalue weighted by atomic mass is 10.2. The summed E-state index contributed by atoms with van der Waals surface area (Å²) in [5.41, 5.74) is 3.05. The van der Waals surface area contributed by atoms with Gasteiger partial charge in [-0.2, -0.15) is 0 Å². The van der Waals surface area contributed by atoms with Crippen LogP contribution in [0.4, 0.5) is 0 Å². The first-order valence-electron chi connectivity index (χ1n) is 5.15. The van der Waals surface area contributed by atoms with E-state index in [9.17, 15) is 0 Å². The van der Waals surface area contributed by atoms with E-state index in [-0.39, 0.29) is 0 Å². The lowest BCUT2D eigenvalue weighted by molar-refractivity contribution is 1.33. The molecule has 0 atom stereocenters. The third-order valence-corrected chi connectivity index (χ3v) is 4.39. The second-order valence-corrected chi connectivity index (χ2v) is 5.19.